The highest BCUT2D eigenvalue weighted by molar-refractivity contribution is 7.92. The molecule has 1 aliphatic heterocycles. The van der Waals surface area contributed by atoms with Crippen molar-refractivity contribution in [1.29, 1.82) is 0 Å². The summed E-state index contributed by atoms with van der Waals surface area (Å²) in [6.07, 6.45) is 1.73. The Morgan fingerprint density at radius 1 is 1.33 bits per heavy atom. The van der Waals surface area contributed by atoms with E-state index < -0.39 is 26.7 Å². The number of ether oxygens (including phenoxy) is 1. The van der Waals surface area contributed by atoms with Crippen molar-refractivity contribution in [1.82, 2.24) is 0 Å². The average Bonchev–Trinajstić information content (AvgIpc) is 3.08. The van der Waals surface area contributed by atoms with Gasteiger partial charge in [-0.3, -0.25) is 4.79 Å². The Morgan fingerprint density at radius 2 is 2.00 bits per heavy atom. The van der Waals surface area contributed by atoms with Gasteiger partial charge in [0.1, 0.15) is 6.10 Å². The van der Waals surface area contributed by atoms with Gasteiger partial charge in [-0.15, -0.1) is 0 Å². The van der Waals surface area contributed by atoms with E-state index in [4.69, 9.17) is 9.57 Å². The first-order chi connectivity index (χ1) is 12.7. The lowest BCUT2D eigenvalue weighted by Crippen LogP contribution is -2.47. The molecule has 27 heavy (non-hydrogen) atoms. The Labute approximate surface area is 160 Å². The Morgan fingerprint density at radius 3 is 2.56 bits per heavy atom. The molecule has 0 fully saturated rings. The second-order valence-corrected chi connectivity index (χ2v) is 9.08. The van der Waals surface area contributed by atoms with Gasteiger partial charge in [0.15, 0.2) is 14.6 Å². The number of carbonyl (C=O) groups excluding carboxylic acids is 1. The Hall–Kier alpha value is -2.33. The highest BCUT2D eigenvalue weighted by Crippen LogP contribution is 2.30. The summed E-state index contributed by atoms with van der Waals surface area (Å²) in [7, 11) is -3.69. The molecule has 7 heteroatoms. The van der Waals surface area contributed by atoms with E-state index in [2.05, 4.69) is 17.0 Å². The predicted molar refractivity (Wildman–Crippen MR) is 104 cm³/mol. The maximum Gasteiger partial charge on any atom is 0.327 e. The minimum absolute atomic E-state index is 0.0161. The van der Waals surface area contributed by atoms with E-state index >= 15 is 0 Å². The zero-order chi connectivity index (χ0) is 20.1. The van der Waals surface area contributed by atoms with Crippen LogP contribution in [0.5, 0.6) is 0 Å². The van der Waals surface area contributed by atoms with Crippen molar-refractivity contribution in [2.45, 2.75) is 50.9 Å². The fourth-order valence-electron chi connectivity index (χ4n) is 2.75. The van der Waals surface area contributed by atoms with Crippen molar-refractivity contribution >= 4 is 21.5 Å². The number of esters is 1. The Balaban J connectivity index is 2.10. The molecule has 0 saturated heterocycles. The second-order valence-electron chi connectivity index (χ2n) is 6.63. The van der Waals surface area contributed by atoms with Gasteiger partial charge in [0.05, 0.1) is 12.3 Å². The van der Waals surface area contributed by atoms with Crippen LogP contribution >= 0.6 is 0 Å². The highest BCUT2D eigenvalue weighted by Gasteiger charge is 2.48. The minimum atomic E-state index is -3.69. The average molecular weight is 391 g/mol. The van der Waals surface area contributed by atoms with E-state index in [0.29, 0.717) is 6.42 Å². The van der Waals surface area contributed by atoms with E-state index in [1.54, 1.807) is 6.92 Å². The lowest BCUT2D eigenvalue weighted by molar-refractivity contribution is -0.146. The third kappa shape index (κ3) is 4.89. The summed E-state index contributed by atoms with van der Waals surface area (Å²) >= 11 is 0. The van der Waals surface area contributed by atoms with E-state index in [1.165, 1.54) is 6.92 Å². The van der Waals surface area contributed by atoms with Gasteiger partial charge in [-0.2, -0.15) is 0 Å². The summed E-state index contributed by atoms with van der Waals surface area (Å²) in [6.45, 7) is 5.13. The number of oxime groups is 1. The van der Waals surface area contributed by atoms with Crippen LogP contribution in [0.15, 0.2) is 29.4 Å². The number of sulfone groups is 1. The van der Waals surface area contributed by atoms with Crippen LogP contribution in [-0.4, -0.2) is 43.8 Å². The van der Waals surface area contributed by atoms with E-state index in [1.807, 2.05) is 31.2 Å². The maximum atomic E-state index is 12.3. The first-order valence-electron chi connectivity index (χ1n) is 8.90. The number of hydrogen-bond acceptors (Lipinski definition) is 6. The van der Waals surface area contributed by atoms with E-state index in [-0.39, 0.29) is 13.0 Å². The molecule has 2 unspecified atom stereocenters. The quantitative estimate of drug-likeness (QED) is 0.550. The first kappa shape index (κ1) is 21.0. The van der Waals surface area contributed by atoms with Crippen molar-refractivity contribution in [3.8, 4) is 11.8 Å². The zero-order valence-electron chi connectivity index (χ0n) is 16.1. The molecule has 0 amide bonds. The monoisotopic (exact) mass is 391 g/mol. The molecule has 1 heterocycles. The van der Waals surface area contributed by atoms with Gasteiger partial charge in [-0.25, -0.2) is 8.42 Å². The third-order valence-electron chi connectivity index (χ3n) is 4.50. The largest absolute Gasteiger partial charge is 0.465 e. The van der Waals surface area contributed by atoms with Crippen LogP contribution in [0, 0.1) is 11.8 Å². The summed E-state index contributed by atoms with van der Waals surface area (Å²) in [5.41, 5.74) is 2.52. The van der Waals surface area contributed by atoms with Crippen molar-refractivity contribution in [3.63, 3.8) is 0 Å². The molecule has 0 saturated carbocycles. The van der Waals surface area contributed by atoms with Crippen LogP contribution in [0.3, 0.4) is 0 Å². The summed E-state index contributed by atoms with van der Waals surface area (Å²) in [5, 5.41) is 4.08. The molecular formula is C20H25NO5S. The van der Waals surface area contributed by atoms with Crippen LogP contribution in [0.4, 0.5) is 0 Å². The standard InChI is InChI=1S/C20H25NO5S/c1-5-7-8-15-9-11-16(12-10-15)18-13-17(26-21-18)14-20(3,27(4,23)24)19(22)25-6-2/h9-12,17H,5-6,13-14H2,1-4H3. The molecule has 0 radical (unpaired) electrons. The Bertz CT molecular complexity index is 877. The van der Waals surface area contributed by atoms with Crippen molar-refractivity contribution < 1.29 is 22.8 Å². The van der Waals surface area contributed by atoms with Gasteiger partial charge >= 0.3 is 5.97 Å². The summed E-state index contributed by atoms with van der Waals surface area (Å²) in [4.78, 5) is 17.7. The Kier molecular flexibility index (Phi) is 6.66. The molecule has 1 aliphatic rings. The summed E-state index contributed by atoms with van der Waals surface area (Å²) in [5.74, 6) is 5.31. The third-order valence-corrected chi connectivity index (χ3v) is 6.47. The number of nitrogens with zero attached hydrogens (tertiary/aromatic N) is 1. The minimum Gasteiger partial charge on any atom is -0.465 e. The second kappa shape index (κ2) is 8.57. The van der Waals surface area contributed by atoms with Crippen molar-refractivity contribution in [2.24, 2.45) is 5.16 Å². The topological polar surface area (TPSA) is 82.0 Å². The molecule has 6 nitrogen and oxygen atoms in total. The SMILES string of the molecule is CCC#Cc1ccc(C2=NOC(CC(C)(C(=O)OCC)S(C)(=O)=O)C2)cc1. The molecule has 0 N–H and O–H groups in total. The van der Waals surface area contributed by atoms with E-state index in [9.17, 15) is 13.2 Å². The molecule has 2 atom stereocenters. The number of hydrogen-bond donors (Lipinski definition) is 0. The van der Waals surface area contributed by atoms with Crippen LogP contribution in [0.25, 0.3) is 0 Å². The molecular weight excluding hydrogens is 366 g/mol. The summed E-state index contributed by atoms with van der Waals surface area (Å²) < 4.78 is 27.8. The van der Waals surface area contributed by atoms with Crippen molar-refractivity contribution in [2.75, 3.05) is 12.9 Å². The highest BCUT2D eigenvalue weighted by atomic mass is 32.2. The molecule has 0 aromatic heterocycles. The van der Waals surface area contributed by atoms with Crippen LogP contribution < -0.4 is 0 Å². The van der Waals surface area contributed by atoms with Gasteiger partial charge in [0.25, 0.3) is 0 Å². The van der Waals surface area contributed by atoms with Crippen molar-refractivity contribution in [3.05, 3.63) is 35.4 Å². The number of rotatable bonds is 6. The molecule has 0 aliphatic carbocycles. The number of carbonyl (C=O) groups is 1. The van der Waals surface area contributed by atoms with Gasteiger partial charge in [0, 0.05) is 31.1 Å². The van der Waals surface area contributed by atoms with Gasteiger partial charge < -0.3 is 9.57 Å². The lowest BCUT2D eigenvalue weighted by Gasteiger charge is -2.27. The lowest BCUT2D eigenvalue weighted by atomic mass is 9.97. The molecule has 146 valence electrons. The normalized spacial score (nSPS) is 18.5. The molecule has 0 bridgehead atoms. The molecule has 1 aromatic carbocycles. The first-order valence-corrected chi connectivity index (χ1v) is 10.8. The smallest absolute Gasteiger partial charge is 0.327 e. The van der Waals surface area contributed by atoms with Crippen LogP contribution in [0.2, 0.25) is 0 Å². The predicted octanol–water partition coefficient (Wildman–Crippen LogP) is 2.70. The van der Waals surface area contributed by atoms with Crippen LogP contribution in [0.1, 0.15) is 51.2 Å². The summed E-state index contributed by atoms with van der Waals surface area (Å²) in [6, 6.07) is 7.64. The zero-order valence-corrected chi connectivity index (χ0v) is 16.9. The number of benzene rings is 1. The van der Waals surface area contributed by atoms with E-state index in [0.717, 1.165) is 29.5 Å². The van der Waals surface area contributed by atoms with Crippen LogP contribution in [-0.2, 0) is 24.2 Å². The fraction of sp³-hybridized carbons (Fsp3) is 0.500. The van der Waals surface area contributed by atoms with Gasteiger partial charge in [-0.1, -0.05) is 36.1 Å². The fourth-order valence-corrected chi connectivity index (χ4v) is 3.60. The van der Waals surface area contributed by atoms with Gasteiger partial charge in [-0.05, 0) is 31.5 Å². The van der Waals surface area contributed by atoms with Gasteiger partial charge in [0.2, 0.25) is 0 Å². The molecule has 0 spiro atoms. The maximum absolute atomic E-state index is 12.3. The molecule has 1 aromatic rings. The molecule has 2 rings (SSSR count).